The van der Waals surface area contributed by atoms with Gasteiger partial charge in [-0.1, -0.05) is 19.3 Å². The lowest BCUT2D eigenvalue weighted by atomic mass is 10.2. The quantitative estimate of drug-likeness (QED) is 0.374. The molecule has 0 heterocycles. The summed E-state index contributed by atoms with van der Waals surface area (Å²) in [5.41, 5.74) is 0. The predicted octanol–water partition coefficient (Wildman–Crippen LogP) is 2.34. The summed E-state index contributed by atoms with van der Waals surface area (Å²) in [4.78, 5) is 10.6. The van der Waals surface area contributed by atoms with E-state index in [1.54, 1.807) is 0 Å². The highest BCUT2D eigenvalue weighted by atomic mass is 32.1. The number of thiol groups is 2. The third-order valence-corrected chi connectivity index (χ3v) is 2.27. The molecule has 0 bridgehead atoms. The Hall–Kier alpha value is 0.170. The monoisotopic (exact) mass is 222 g/mol. The number of ether oxygens (including phenoxy) is 1. The molecular formula is C9H18O2S2. The van der Waals surface area contributed by atoms with Crippen molar-refractivity contribution >= 4 is 31.2 Å². The number of hydrogen-bond acceptors (Lipinski definition) is 4. The van der Waals surface area contributed by atoms with Crippen LogP contribution in [0.5, 0.6) is 0 Å². The van der Waals surface area contributed by atoms with Crippen LogP contribution in [0.1, 0.15) is 32.1 Å². The van der Waals surface area contributed by atoms with Crippen molar-refractivity contribution < 1.29 is 9.53 Å². The van der Waals surface area contributed by atoms with Crippen LogP contribution < -0.4 is 0 Å². The molecule has 0 amide bonds. The summed E-state index contributed by atoms with van der Waals surface area (Å²) in [5, 5.41) is 0. The van der Waals surface area contributed by atoms with Gasteiger partial charge in [-0.25, -0.2) is 0 Å². The minimum absolute atomic E-state index is 0.180. The van der Waals surface area contributed by atoms with Crippen LogP contribution in [0.4, 0.5) is 0 Å². The molecule has 78 valence electrons. The lowest BCUT2D eigenvalue weighted by Crippen LogP contribution is -2.06. The molecule has 2 nitrogen and oxygen atoms in total. The van der Waals surface area contributed by atoms with Crippen LogP contribution in [0.3, 0.4) is 0 Å². The van der Waals surface area contributed by atoms with Crippen molar-refractivity contribution in [3.63, 3.8) is 0 Å². The van der Waals surface area contributed by atoms with Crippen LogP contribution in [0.2, 0.25) is 0 Å². The topological polar surface area (TPSA) is 26.3 Å². The van der Waals surface area contributed by atoms with Gasteiger partial charge in [0.25, 0.3) is 0 Å². The van der Waals surface area contributed by atoms with E-state index >= 15 is 0 Å². The minimum Gasteiger partial charge on any atom is -0.465 e. The number of unbranched alkanes of at least 4 members (excludes halogenated alkanes) is 4. The summed E-state index contributed by atoms with van der Waals surface area (Å²) in [7, 11) is 0. The van der Waals surface area contributed by atoms with Gasteiger partial charge in [0.1, 0.15) is 0 Å². The van der Waals surface area contributed by atoms with Gasteiger partial charge in [-0.3, -0.25) is 4.79 Å². The van der Waals surface area contributed by atoms with E-state index in [2.05, 4.69) is 25.3 Å². The molecule has 0 aliphatic rings. The average molecular weight is 222 g/mol. The molecule has 0 N–H and O–H groups in total. The molecule has 0 aliphatic heterocycles. The molecule has 0 aromatic heterocycles. The second-order valence-corrected chi connectivity index (χ2v) is 3.63. The number of carbonyl (C=O) groups is 1. The summed E-state index contributed by atoms with van der Waals surface area (Å²) >= 11 is 7.93. The highest BCUT2D eigenvalue weighted by molar-refractivity contribution is 7.81. The first-order chi connectivity index (χ1) is 6.31. The maximum Gasteiger partial charge on any atom is 0.315 e. The maximum absolute atomic E-state index is 10.6. The lowest BCUT2D eigenvalue weighted by molar-refractivity contribution is -0.140. The van der Waals surface area contributed by atoms with Gasteiger partial charge in [0.15, 0.2) is 0 Å². The van der Waals surface area contributed by atoms with Crippen molar-refractivity contribution in [2.24, 2.45) is 0 Å². The molecule has 0 radical (unpaired) electrons. The Balaban J connectivity index is 2.95. The van der Waals surface area contributed by atoms with Gasteiger partial charge < -0.3 is 4.74 Å². The Morgan fingerprint density at radius 3 is 2.23 bits per heavy atom. The fourth-order valence-electron chi connectivity index (χ4n) is 0.976. The number of rotatable bonds is 8. The fourth-order valence-corrected chi connectivity index (χ4v) is 1.29. The predicted molar refractivity (Wildman–Crippen MR) is 61.8 cm³/mol. The molecule has 0 spiro atoms. The van der Waals surface area contributed by atoms with Crippen LogP contribution in [0, 0.1) is 0 Å². The van der Waals surface area contributed by atoms with Gasteiger partial charge in [-0.05, 0) is 18.6 Å². The normalized spacial score (nSPS) is 10.0. The van der Waals surface area contributed by atoms with Crippen LogP contribution in [-0.2, 0) is 9.53 Å². The minimum atomic E-state index is -0.223. The van der Waals surface area contributed by atoms with Gasteiger partial charge >= 0.3 is 5.97 Å². The van der Waals surface area contributed by atoms with E-state index in [0.717, 1.165) is 18.6 Å². The van der Waals surface area contributed by atoms with Crippen molar-refractivity contribution in [2.75, 3.05) is 18.1 Å². The van der Waals surface area contributed by atoms with E-state index < -0.39 is 0 Å². The average Bonchev–Trinajstić information content (AvgIpc) is 2.16. The van der Waals surface area contributed by atoms with Gasteiger partial charge in [-0.2, -0.15) is 25.3 Å². The number of carbonyl (C=O) groups excluding carboxylic acids is 1. The Kier molecular flexibility index (Phi) is 10.4. The molecular weight excluding hydrogens is 204 g/mol. The maximum atomic E-state index is 10.6. The smallest absolute Gasteiger partial charge is 0.315 e. The molecule has 0 aromatic rings. The number of hydrogen-bond donors (Lipinski definition) is 2. The van der Waals surface area contributed by atoms with Crippen LogP contribution >= 0.6 is 25.3 Å². The first kappa shape index (κ1) is 13.2. The van der Waals surface area contributed by atoms with E-state index in [4.69, 9.17) is 4.74 Å². The van der Waals surface area contributed by atoms with Crippen molar-refractivity contribution in [3.05, 3.63) is 0 Å². The third kappa shape index (κ3) is 10.1. The third-order valence-electron chi connectivity index (χ3n) is 1.69. The van der Waals surface area contributed by atoms with E-state index in [-0.39, 0.29) is 11.7 Å². The zero-order chi connectivity index (χ0) is 9.94. The van der Waals surface area contributed by atoms with Gasteiger partial charge in [0.2, 0.25) is 0 Å². The standard InChI is InChI=1S/C9H18O2S2/c10-9(8-13)11-6-4-2-1-3-5-7-12/h12-13H,1-8H2. The van der Waals surface area contributed by atoms with E-state index in [1.165, 1.54) is 19.3 Å². The highest BCUT2D eigenvalue weighted by Crippen LogP contribution is 2.03. The first-order valence-corrected chi connectivity index (χ1v) is 5.95. The highest BCUT2D eigenvalue weighted by Gasteiger charge is 1.97. The molecule has 0 rings (SSSR count). The molecule has 0 saturated heterocycles. The van der Waals surface area contributed by atoms with E-state index in [1.807, 2.05) is 0 Å². The largest absolute Gasteiger partial charge is 0.465 e. The zero-order valence-electron chi connectivity index (χ0n) is 7.87. The first-order valence-electron chi connectivity index (χ1n) is 4.68. The molecule has 0 fully saturated rings. The molecule has 0 aromatic carbocycles. The van der Waals surface area contributed by atoms with Gasteiger partial charge in [0, 0.05) is 0 Å². The molecule has 0 atom stereocenters. The second-order valence-electron chi connectivity index (χ2n) is 2.87. The molecule has 0 unspecified atom stereocenters. The summed E-state index contributed by atoms with van der Waals surface area (Å²) in [6.07, 6.45) is 5.71. The van der Waals surface area contributed by atoms with Gasteiger partial charge in [-0.15, -0.1) is 0 Å². The van der Waals surface area contributed by atoms with Crippen molar-refractivity contribution in [2.45, 2.75) is 32.1 Å². The Bertz CT molecular complexity index is 129. The Labute approximate surface area is 91.2 Å². The Morgan fingerprint density at radius 1 is 1.00 bits per heavy atom. The molecule has 4 heteroatoms. The summed E-state index contributed by atoms with van der Waals surface area (Å²) < 4.78 is 4.87. The summed E-state index contributed by atoms with van der Waals surface area (Å²) in [6, 6.07) is 0. The second kappa shape index (κ2) is 10.3. The van der Waals surface area contributed by atoms with E-state index in [9.17, 15) is 4.79 Å². The van der Waals surface area contributed by atoms with Crippen molar-refractivity contribution in [1.29, 1.82) is 0 Å². The zero-order valence-corrected chi connectivity index (χ0v) is 9.66. The van der Waals surface area contributed by atoms with Gasteiger partial charge in [0.05, 0.1) is 12.4 Å². The number of esters is 1. The lowest BCUT2D eigenvalue weighted by Gasteiger charge is -2.02. The van der Waals surface area contributed by atoms with Crippen LogP contribution in [0.25, 0.3) is 0 Å². The van der Waals surface area contributed by atoms with Crippen molar-refractivity contribution in [1.82, 2.24) is 0 Å². The van der Waals surface area contributed by atoms with E-state index in [0.29, 0.717) is 6.61 Å². The molecule has 0 saturated carbocycles. The SMILES string of the molecule is O=C(CS)OCCCCCCCS. The summed E-state index contributed by atoms with van der Waals surface area (Å²) in [6.45, 7) is 0.542. The van der Waals surface area contributed by atoms with Crippen LogP contribution in [0.15, 0.2) is 0 Å². The fraction of sp³-hybridized carbons (Fsp3) is 0.889. The Morgan fingerprint density at radius 2 is 1.62 bits per heavy atom. The molecule has 13 heavy (non-hydrogen) atoms. The van der Waals surface area contributed by atoms with Crippen LogP contribution in [-0.4, -0.2) is 24.1 Å². The van der Waals surface area contributed by atoms with Crippen molar-refractivity contribution in [3.8, 4) is 0 Å². The summed E-state index contributed by atoms with van der Waals surface area (Å²) in [5.74, 6) is 0.924. The molecule has 0 aliphatic carbocycles.